The number of hydrogen-bond acceptors (Lipinski definition) is 3. The summed E-state index contributed by atoms with van der Waals surface area (Å²) in [6, 6.07) is 0.259. The summed E-state index contributed by atoms with van der Waals surface area (Å²) in [5, 5.41) is 4.65. The summed E-state index contributed by atoms with van der Waals surface area (Å²) in [5.74, 6) is 1.84. The third kappa shape index (κ3) is 2.20. The lowest BCUT2D eigenvalue weighted by Crippen LogP contribution is -2.48. The summed E-state index contributed by atoms with van der Waals surface area (Å²) in [6.07, 6.45) is 6.45. The lowest BCUT2D eigenvalue weighted by Gasteiger charge is -2.53. The number of carbonyl (C=O) groups is 2. The molecule has 0 aromatic heterocycles. The molecule has 7 heteroatoms. The van der Waals surface area contributed by atoms with Gasteiger partial charge in [0.15, 0.2) is 0 Å². The van der Waals surface area contributed by atoms with Crippen molar-refractivity contribution in [2.75, 3.05) is 0 Å². The van der Waals surface area contributed by atoms with Crippen LogP contribution in [0.1, 0.15) is 32.1 Å². The second kappa shape index (κ2) is 4.54. The molecule has 0 aromatic carbocycles. The highest BCUT2D eigenvalue weighted by Crippen LogP contribution is 2.54. The number of nitrogens with zero attached hydrogens (tertiary/aromatic N) is 2. The average Bonchev–Trinajstić information content (AvgIpc) is 2.71. The van der Waals surface area contributed by atoms with E-state index in [1.807, 2.05) is 0 Å². The molecule has 0 spiro atoms. The van der Waals surface area contributed by atoms with Gasteiger partial charge in [0, 0.05) is 0 Å². The Morgan fingerprint density at radius 3 is 2.00 bits per heavy atom. The van der Waals surface area contributed by atoms with Crippen LogP contribution in [0.15, 0.2) is 9.98 Å². The molecule has 4 bridgehead atoms. The first-order chi connectivity index (χ1) is 10.1. The number of nitrogens with two attached hydrogens (primary N) is 1. The van der Waals surface area contributed by atoms with E-state index in [0.29, 0.717) is 11.8 Å². The topological polar surface area (TPSA) is 109 Å². The minimum atomic E-state index is -0.712. The molecule has 21 heavy (non-hydrogen) atoms. The fourth-order valence-electron chi connectivity index (χ4n) is 4.82. The molecule has 5 rings (SSSR count). The zero-order valence-electron chi connectivity index (χ0n) is 11.7. The molecule has 2 amide bonds. The van der Waals surface area contributed by atoms with E-state index < -0.39 is 11.8 Å². The third-order valence-corrected chi connectivity index (χ3v) is 5.35. The molecule has 0 unspecified atom stereocenters. The number of rotatable bonds is 1. The van der Waals surface area contributed by atoms with Crippen molar-refractivity contribution >= 4 is 23.7 Å². The summed E-state index contributed by atoms with van der Waals surface area (Å²) >= 11 is 0. The number of nitrogens with one attached hydrogen (secondary N) is 2. The van der Waals surface area contributed by atoms with Gasteiger partial charge in [0.2, 0.25) is 11.9 Å². The zero-order valence-corrected chi connectivity index (χ0v) is 11.7. The van der Waals surface area contributed by atoms with E-state index in [1.165, 1.54) is 32.1 Å². The number of guanidine groups is 2. The van der Waals surface area contributed by atoms with E-state index in [4.69, 9.17) is 5.73 Å². The lowest BCUT2D eigenvalue weighted by molar-refractivity contribution is -0.135. The van der Waals surface area contributed by atoms with Crippen LogP contribution in [0.25, 0.3) is 0 Å². The highest BCUT2D eigenvalue weighted by Gasteiger charge is 2.48. The van der Waals surface area contributed by atoms with Crippen molar-refractivity contribution in [3.63, 3.8) is 0 Å². The molecule has 112 valence electrons. The first kappa shape index (κ1) is 12.8. The first-order valence-electron chi connectivity index (χ1n) is 7.63. The fourth-order valence-corrected chi connectivity index (χ4v) is 4.82. The van der Waals surface area contributed by atoms with Crippen LogP contribution >= 0.6 is 0 Å². The summed E-state index contributed by atoms with van der Waals surface area (Å²) < 4.78 is 0. The third-order valence-electron chi connectivity index (χ3n) is 5.35. The van der Waals surface area contributed by atoms with E-state index in [9.17, 15) is 9.59 Å². The number of aliphatic imine (C=N–C) groups is 2. The van der Waals surface area contributed by atoms with E-state index in [-0.39, 0.29) is 18.0 Å². The Bertz CT molecular complexity index is 522. The predicted octanol–water partition coefficient (Wildman–Crippen LogP) is -0.272. The van der Waals surface area contributed by atoms with E-state index >= 15 is 0 Å². The van der Waals surface area contributed by atoms with Crippen molar-refractivity contribution in [1.82, 2.24) is 10.6 Å². The van der Waals surface area contributed by atoms with Gasteiger partial charge in [-0.2, -0.15) is 4.99 Å². The van der Waals surface area contributed by atoms with Crippen molar-refractivity contribution in [2.24, 2.45) is 39.4 Å². The van der Waals surface area contributed by atoms with Gasteiger partial charge >= 0.3 is 11.8 Å². The van der Waals surface area contributed by atoms with E-state index in [2.05, 4.69) is 20.6 Å². The first-order valence-corrected chi connectivity index (χ1v) is 7.63. The summed E-state index contributed by atoms with van der Waals surface area (Å²) in [6.45, 7) is 0. The second-order valence-electron chi connectivity index (χ2n) is 6.78. The lowest BCUT2D eigenvalue weighted by atomic mass is 9.54. The number of hydrogen-bond donors (Lipinski definition) is 3. The van der Waals surface area contributed by atoms with Crippen LogP contribution in [-0.4, -0.2) is 29.8 Å². The van der Waals surface area contributed by atoms with Crippen molar-refractivity contribution in [2.45, 2.75) is 38.1 Å². The molecular weight excluding hydrogens is 270 g/mol. The molecule has 0 atom stereocenters. The van der Waals surface area contributed by atoms with Gasteiger partial charge in [0.1, 0.15) is 0 Å². The molecule has 5 aliphatic rings. The summed E-state index contributed by atoms with van der Waals surface area (Å²) in [4.78, 5) is 30.7. The van der Waals surface area contributed by atoms with Crippen LogP contribution in [0.4, 0.5) is 0 Å². The van der Waals surface area contributed by atoms with Crippen LogP contribution in [-0.2, 0) is 9.59 Å². The average molecular weight is 289 g/mol. The molecule has 0 radical (unpaired) electrons. The Balaban J connectivity index is 1.51. The number of carbonyl (C=O) groups excluding carboxylic acids is 2. The Morgan fingerprint density at radius 2 is 1.48 bits per heavy atom. The smallest absolute Gasteiger partial charge is 0.316 e. The van der Waals surface area contributed by atoms with Crippen molar-refractivity contribution < 1.29 is 9.59 Å². The molecule has 1 saturated heterocycles. The maximum absolute atomic E-state index is 11.1. The normalized spacial score (nSPS) is 41.2. The van der Waals surface area contributed by atoms with Gasteiger partial charge in [0.25, 0.3) is 0 Å². The molecule has 1 heterocycles. The van der Waals surface area contributed by atoms with Gasteiger partial charge in [-0.15, -0.1) is 0 Å². The van der Waals surface area contributed by atoms with E-state index in [1.54, 1.807) is 0 Å². The fraction of sp³-hybridized carbons (Fsp3) is 0.714. The highest BCUT2D eigenvalue weighted by atomic mass is 16.2. The quantitative estimate of drug-likeness (QED) is 0.351. The maximum atomic E-state index is 11.1. The Morgan fingerprint density at radius 1 is 0.952 bits per heavy atom. The van der Waals surface area contributed by atoms with Crippen LogP contribution in [0, 0.1) is 23.7 Å². The minimum Gasteiger partial charge on any atom is -0.368 e. The minimum absolute atomic E-state index is 0.0788. The van der Waals surface area contributed by atoms with Crippen molar-refractivity contribution in [3.8, 4) is 0 Å². The summed E-state index contributed by atoms with van der Waals surface area (Å²) in [7, 11) is 0. The van der Waals surface area contributed by atoms with Crippen LogP contribution in [0.2, 0.25) is 0 Å². The molecule has 1 aliphatic heterocycles. The highest BCUT2D eigenvalue weighted by molar-refractivity contribution is 6.45. The van der Waals surface area contributed by atoms with Gasteiger partial charge < -0.3 is 5.73 Å². The number of amides is 2. The Hall–Kier alpha value is -1.92. The van der Waals surface area contributed by atoms with Crippen LogP contribution in [0.5, 0.6) is 0 Å². The van der Waals surface area contributed by atoms with Crippen LogP contribution in [0.3, 0.4) is 0 Å². The molecule has 7 nitrogen and oxygen atoms in total. The largest absolute Gasteiger partial charge is 0.368 e. The van der Waals surface area contributed by atoms with Crippen LogP contribution < -0.4 is 16.4 Å². The summed E-state index contributed by atoms with van der Waals surface area (Å²) in [5.41, 5.74) is 5.88. The van der Waals surface area contributed by atoms with Gasteiger partial charge in [-0.25, -0.2) is 4.99 Å². The Kier molecular flexibility index (Phi) is 2.77. The molecule has 0 aromatic rings. The van der Waals surface area contributed by atoms with Gasteiger partial charge in [-0.05, 0) is 55.8 Å². The SMILES string of the molecule is NC(=NC1C2CC3CC(C2)CC1C3)N=C1NC(=O)C(=O)N1. The molecule has 4 saturated carbocycles. The second-order valence-corrected chi connectivity index (χ2v) is 6.78. The molecular formula is C14H19N5O2. The monoisotopic (exact) mass is 289 g/mol. The molecule has 4 N–H and O–H groups in total. The standard InChI is InChI=1S/C14H19N5O2/c15-13(19-14-17-11(20)12(21)18-14)16-10-8-2-6-1-7(4-8)5-9(10)3-6/h6-10H,1-5H2,(H4,15,16,17,18,19,20,21). The van der Waals surface area contributed by atoms with Crippen molar-refractivity contribution in [1.29, 1.82) is 0 Å². The van der Waals surface area contributed by atoms with Crippen molar-refractivity contribution in [3.05, 3.63) is 0 Å². The predicted molar refractivity (Wildman–Crippen MR) is 76.2 cm³/mol. The van der Waals surface area contributed by atoms with Gasteiger partial charge in [-0.3, -0.25) is 20.2 Å². The zero-order chi connectivity index (χ0) is 14.6. The maximum Gasteiger partial charge on any atom is 0.316 e. The Labute approximate surface area is 122 Å². The van der Waals surface area contributed by atoms with Gasteiger partial charge in [0.05, 0.1) is 6.04 Å². The molecule has 5 fully saturated rings. The van der Waals surface area contributed by atoms with Gasteiger partial charge in [-0.1, -0.05) is 0 Å². The molecule has 4 aliphatic carbocycles. The van der Waals surface area contributed by atoms with E-state index in [0.717, 1.165) is 11.8 Å².